The highest BCUT2D eigenvalue weighted by Gasteiger charge is 2.42. The van der Waals surface area contributed by atoms with Crippen LogP contribution < -0.4 is 5.73 Å². The van der Waals surface area contributed by atoms with Crippen LogP contribution in [0, 0.1) is 11.8 Å². The first-order valence-corrected chi connectivity index (χ1v) is 6.16. The van der Waals surface area contributed by atoms with Crippen LogP contribution in [0.15, 0.2) is 0 Å². The van der Waals surface area contributed by atoms with Crippen molar-refractivity contribution in [1.29, 1.82) is 0 Å². The van der Waals surface area contributed by atoms with E-state index < -0.39 is 17.4 Å². The standard InChI is InChI=1S/C12H22N2O3/c1-4-12(13,5-2)11(17)14-6-8(3)9(7-14)10(15)16/h8-9H,4-7,13H2,1-3H3,(H,15,16)/t8-,9-/m1/s1. The van der Waals surface area contributed by atoms with Crippen LogP contribution in [0.3, 0.4) is 0 Å². The lowest BCUT2D eigenvalue weighted by Gasteiger charge is -2.30. The van der Waals surface area contributed by atoms with Crippen molar-refractivity contribution < 1.29 is 14.7 Å². The summed E-state index contributed by atoms with van der Waals surface area (Å²) < 4.78 is 0. The number of nitrogens with zero attached hydrogens (tertiary/aromatic N) is 1. The van der Waals surface area contributed by atoms with Gasteiger partial charge in [-0.05, 0) is 18.8 Å². The zero-order valence-corrected chi connectivity index (χ0v) is 10.8. The fourth-order valence-corrected chi connectivity index (χ4v) is 2.32. The van der Waals surface area contributed by atoms with Crippen LogP contribution in [0.4, 0.5) is 0 Å². The van der Waals surface area contributed by atoms with E-state index in [9.17, 15) is 9.59 Å². The Morgan fingerprint density at radius 1 is 1.35 bits per heavy atom. The van der Waals surface area contributed by atoms with Gasteiger partial charge >= 0.3 is 5.97 Å². The molecule has 0 bridgehead atoms. The quantitative estimate of drug-likeness (QED) is 0.759. The van der Waals surface area contributed by atoms with Crippen LogP contribution in [0.25, 0.3) is 0 Å². The zero-order chi connectivity index (χ0) is 13.2. The van der Waals surface area contributed by atoms with Gasteiger partial charge in [-0.3, -0.25) is 9.59 Å². The molecule has 1 aliphatic heterocycles. The Balaban J connectivity index is 2.77. The third-order valence-corrected chi connectivity index (χ3v) is 3.90. The van der Waals surface area contributed by atoms with Gasteiger partial charge in [-0.25, -0.2) is 0 Å². The van der Waals surface area contributed by atoms with Gasteiger partial charge < -0.3 is 15.7 Å². The van der Waals surface area contributed by atoms with Gasteiger partial charge in [0, 0.05) is 13.1 Å². The molecular formula is C12H22N2O3. The number of nitrogens with two attached hydrogens (primary N) is 1. The Bertz CT molecular complexity index is 313. The minimum atomic E-state index is -0.840. The number of aliphatic carboxylic acids is 1. The summed E-state index contributed by atoms with van der Waals surface area (Å²) in [6.45, 7) is 6.41. The van der Waals surface area contributed by atoms with Crippen molar-refractivity contribution in [3.05, 3.63) is 0 Å². The fraction of sp³-hybridized carbons (Fsp3) is 0.833. The molecule has 1 amide bonds. The molecule has 1 fully saturated rings. The van der Waals surface area contributed by atoms with Crippen molar-refractivity contribution in [1.82, 2.24) is 4.90 Å². The minimum Gasteiger partial charge on any atom is -0.481 e. The number of likely N-dealkylation sites (tertiary alicyclic amines) is 1. The summed E-state index contributed by atoms with van der Waals surface area (Å²) in [6.07, 6.45) is 1.15. The van der Waals surface area contributed by atoms with E-state index in [-0.39, 0.29) is 18.4 Å². The first-order chi connectivity index (χ1) is 7.85. The van der Waals surface area contributed by atoms with Gasteiger partial charge in [0.15, 0.2) is 0 Å². The Hall–Kier alpha value is -1.10. The van der Waals surface area contributed by atoms with Crippen molar-refractivity contribution in [2.45, 2.75) is 39.2 Å². The molecule has 0 saturated carbocycles. The van der Waals surface area contributed by atoms with Gasteiger partial charge in [-0.2, -0.15) is 0 Å². The molecule has 1 heterocycles. The van der Waals surface area contributed by atoms with Crippen molar-refractivity contribution in [2.24, 2.45) is 17.6 Å². The summed E-state index contributed by atoms with van der Waals surface area (Å²) in [5.41, 5.74) is 5.21. The van der Waals surface area contributed by atoms with Crippen LogP contribution in [-0.2, 0) is 9.59 Å². The lowest BCUT2D eigenvalue weighted by molar-refractivity contribution is -0.142. The van der Waals surface area contributed by atoms with Crippen LogP contribution in [-0.4, -0.2) is 40.5 Å². The third kappa shape index (κ3) is 2.60. The maximum absolute atomic E-state index is 12.3. The highest BCUT2D eigenvalue weighted by atomic mass is 16.4. The van der Waals surface area contributed by atoms with E-state index in [0.29, 0.717) is 19.4 Å². The predicted octanol–water partition coefficient (Wildman–Crippen LogP) is 0.683. The Kier molecular flexibility index (Phi) is 4.14. The van der Waals surface area contributed by atoms with E-state index >= 15 is 0 Å². The Morgan fingerprint density at radius 3 is 2.24 bits per heavy atom. The van der Waals surface area contributed by atoms with Crippen molar-refractivity contribution in [2.75, 3.05) is 13.1 Å². The molecule has 5 heteroatoms. The maximum atomic E-state index is 12.3. The second-order valence-electron chi connectivity index (χ2n) is 5.00. The van der Waals surface area contributed by atoms with E-state index in [1.807, 2.05) is 20.8 Å². The molecule has 0 aromatic rings. The van der Waals surface area contributed by atoms with E-state index in [4.69, 9.17) is 10.8 Å². The zero-order valence-electron chi connectivity index (χ0n) is 10.8. The third-order valence-electron chi connectivity index (χ3n) is 3.90. The van der Waals surface area contributed by atoms with Gasteiger partial charge in [0.05, 0.1) is 11.5 Å². The number of amides is 1. The van der Waals surface area contributed by atoms with Crippen molar-refractivity contribution in [3.8, 4) is 0 Å². The fourth-order valence-electron chi connectivity index (χ4n) is 2.32. The summed E-state index contributed by atoms with van der Waals surface area (Å²) in [6, 6.07) is 0. The number of carbonyl (C=O) groups excluding carboxylic acids is 1. The first kappa shape index (κ1) is 14.0. The highest BCUT2D eigenvalue weighted by molar-refractivity contribution is 5.87. The first-order valence-electron chi connectivity index (χ1n) is 6.16. The van der Waals surface area contributed by atoms with Crippen LogP contribution in [0.5, 0.6) is 0 Å². The summed E-state index contributed by atoms with van der Waals surface area (Å²) in [5, 5.41) is 9.03. The summed E-state index contributed by atoms with van der Waals surface area (Å²) in [5.74, 6) is -1.41. The summed E-state index contributed by atoms with van der Waals surface area (Å²) in [7, 11) is 0. The smallest absolute Gasteiger partial charge is 0.308 e. The van der Waals surface area contributed by atoms with Gasteiger partial charge in [0.25, 0.3) is 0 Å². The Morgan fingerprint density at radius 2 is 1.88 bits per heavy atom. The van der Waals surface area contributed by atoms with Crippen molar-refractivity contribution >= 4 is 11.9 Å². The van der Waals surface area contributed by atoms with Gasteiger partial charge in [-0.1, -0.05) is 20.8 Å². The van der Waals surface area contributed by atoms with Gasteiger partial charge in [-0.15, -0.1) is 0 Å². The largest absolute Gasteiger partial charge is 0.481 e. The molecule has 2 atom stereocenters. The van der Waals surface area contributed by atoms with Crippen molar-refractivity contribution in [3.63, 3.8) is 0 Å². The SMILES string of the molecule is CCC(N)(CC)C(=O)N1C[C@@H](C)[C@H](C(=O)O)C1. The number of carboxylic acid groups (broad SMARTS) is 1. The number of rotatable bonds is 4. The molecule has 98 valence electrons. The van der Waals surface area contributed by atoms with E-state index in [1.165, 1.54) is 0 Å². The predicted molar refractivity (Wildman–Crippen MR) is 64.4 cm³/mol. The molecule has 1 saturated heterocycles. The molecule has 0 aromatic carbocycles. The molecule has 1 rings (SSSR count). The summed E-state index contributed by atoms with van der Waals surface area (Å²) >= 11 is 0. The molecule has 0 radical (unpaired) electrons. The molecule has 0 aromatic heterocycles. The van der Waals surface area contributed by atoms with E-state index in [0.717, 1.165) is 0 Å². The molecule has 1 aliphatic rings. The molecule has 3 N–H and O–H groups in total. The van der Waals surface area contributed by atoms with Crippen LogP contribution in [0.2, 0.25) is 0 Å². The lowest BCUT2D eigenvalue weighted by atomic mass is 9.92. The van der Waals surface area contributed by atoms with Crippen LogP contribution in [0.1, 0.15) is 33.6 Å². The number of carboxylic acids is 1. The molecule has 5 nitrogen and oxygen atoms in total. The monoisotopic (exact) mass is 242 g/mol. The molecule has 0 spiro atoms. The Labute approximate surface area is 102 Å². The van der Waals surface area contributed by atoms with E-state index in [1.54, 1.807) is 4.90 Å². The normalized spacial score (nSPS) is 25.1. The molecule has 0 aliphatic carbocycles. The second-order valence-corrected chi connectivity index (χ2v) is 5.00. The highest BCUT2D eigenvalue weighted by Crippen LogP contribution is 2.26. The average molecular weight is 242 g/mol. The average Bonchev–Trinajstić information content (AvgIpc) is 2.69. The number of hydrogen-bond donors (Lipinski definition) is 2. The lowest BCUT2D eigenvalue weighted by Crippen LogP contribution is -2.54. The molecule has 17 heavy (non-hydrogen) atoms. The minimum absolute atomic E-state index is 0.00517. The summed E-state index contributed by atoms with van der Waals surface area (Å²) in [4.78, 5) is 24.9. The molecular weight excluding hydrogens is 220 g/mol. The topological polar surface area (TPSA) is 83.6 Å². The van der Waals surface area contributed by atoms with Gasteiger partial charge in [0.1, 0.15) is 0 Å². The molecule has 0 unspecified atom stereocenters. The van der Waals surface area contributed by atoms with E-state index in [2.05, 4.69) is 0 Å². The van der Waals surface area contributed by atoms with Crippen LogP contribution >= 0.6 is 0 Å². The number of carbonyl (C=O) groups is 2. The maximum Gasteiger partial charge on any atom is 0.308 e. The number of hydrogen-bond acceptors (Lipinski definition) is 3. The second kappa shape index (κ2) is 5.04. The van der Waals surface area contributed by atoms with Gasteiger partial charge in [0.2, 0.25) is 5.91 Å².